The number of allylic oxidation sites excluding steroid dienone is 1. The highest BCUT2D eigenvalue weighted by Gasteiger charge is 2.27. The minimum absolute atomic E-state index is 0.423. The van der Waals surface area contributed by atoms with Crippen molar-refractivity contribution in [3.63, 3.8) is 0 Å². The van der Waals surface area contributed by atoms with Gasteiger partial charge in [0.25, 0.3) is 0 Å². The highest BCUT2D eigenvalue weighted by molar-refractivity contribution is 8.09. The van der Waals surface area contributed by atoms with Crippen LogP contribution in [0.25, 0.3) is 4.91 Å². The van der Waals surface area contributed by atoms with Crippen LogP contribution in [0.5, 0.6) is 0 Å². The molecule has 0 fully saturated rings. The van der Waals surface area contributed by atoms with E-state index in [1.54, 1.807) is 22.7 Å². The van der Waals surface area contributed by atoms with E-state index in [1.165, 1.54) is 14.7 Å². The largest absolute Gasteiger partial charge is 0.298 e. The maximum atomic E-state index is 11.2. The molecule has 2 aromatic heterocycles. The summed E-state index contributed by atoms with van der Waals surface area (Å²) in [5.74, 6) is 0. The monoisotopic (exact) mass is 278 g/mol. The van der Waals surface area contributed by atoms with Crippen LogP contribution in [0.1, 0.15) is 21.4 Å². The minimum Gasteiger partial charge on any atom is -0.298 e. The van der Waals surface area contributed by atoms with Crippen LogP contribution in [-0.4, -0.2) is 6.29 Å². The molecule has 1 atom stereocenters. The second-order valence-corrected chi connectivity index (χ2v) is 6.92. The first-order chi connectivity index (χ1) is 8.38. The lowest BCUT2D eigenvalue weighted by Gasteiger charge is -2.05. The maximum absolute atomic E-state index is 11.2. The predicted octanol–water partition coefficient (Wildman–Crippen LogP) is 4.60. The minimum atomic E-state index is 0.423. The first kappa shape index (κ1) is 11.3. The lowest BCUT2D eigenvalue weighted by Crippen LogP contribution is -1.87. The van der Waals surface area contributed by atoms with Crippen LogP contribution >= 0.6 is 34.4 Å². The number of hydrogen-bond donors (Lipinski definition) is 0. The van der Waals surface area contributed by atoms with Crippen molar-refractivity contribution in [3.05, 3.63) is 50.4 Å². The summed E-state index contributed by atoms with van der Waals surface area (Å²) in [7, 11) is 0. The molecule has 3 rings (SSSR count). The van der Waals surface area contributed by atoms with Crippen LogP contribution in [0.3, 0.4) is 0 Å². The molecule has 1 aliphatic rings. The smallest absolute Gasteiger partial charge is 0.147 e. The van der Waals surface area contributed by atoms with Gasteiger partial charge in [0, 0.05) is 25.5 Å². The van der Waals surface area contributed by atoms with E-state index >= 15 is 0 Å². The van der Waals surface area contributed by atoms with Crippen molar-refractivity contribution < 1.29 is 4.79 Å². The van der Waals surface area contributed by atoms with Crippen LogP contribution < -0.4 is 0 Å². The Morgan fingerprint density at radius 3 is 2.65 bits per heavy atom. The Bertz CT molecular complexity index is 537. The van der Waals surface area contributed by atoms with Crippen molar-refractivity contribution in [1.82, 2.24) is 0 Å². The SMILES string of the molecule is O=CC1=C(c2cccs2)SC(c2cccs2)C1. The zero-order valence-electron chi connectivity index (χ0n) is 8.96. The van der Waals surface area contributed by atoms with Crippen molar-refractivity contribution >= 4 is 45.6 Å². The van der Waals surface area contributed by atoms with E-state index in [0.717, 1.165) is 18.3 Å². The fourth-order valence-electron chi connectivity index (χ4n) is 1.91. The summed E-state index contributed by atoms with van der Waals surface area (Å²) in [6.45, 7) is 0. The van der Waals surface area contributed by atoms with Gasteiger partial charge in [0.2, 0.25) is 0 Å². The Morgan fingerprint density at radius 2 is 2.00 bits per heavy atom. The van der Waals surface area contributed by atoms with Gasteiger partial charge >= 0.3 is 0 Å². The molecule has 0 amide bonds. The fourth-order valence-corrected chi connectivity index (χ4v) is 5.13. The van der Waals surface area contributed by atoms with E-state index in [2.05, 4.69) is 29.0 Å². The van der Waals surface area contributed by atoms with Gasteiger partial charge in [-0.3, -0.25) is 4.79 Å². The first-order valence-corrected chi connectivity index (χ1v) is 7.94. The molecule has 3 heterocycles. The fraction of sp³-hybridized carbons (Fsp3) is 0.154. The number of thiophene rings is 2. The van der Waals surface area contributed by atoms with Crippen molar-refractivity contribution in [2.45, 2.75) is 11.7 Å². The zero-order chi connectivity index (χ0) is 11.7. The molecule has 0 N–H and O–H groups in total. The van der Waals surface area contributed by atoms with E-state index in [4.69, 9.17) is 0 Å². The predicted molar refractivity (Wildman–Crippen MR) is 76.6 cm³/mol. The van der Waals surface area contributed by atoms with E-state index < -0.39 is 0 Å². The van der Waals surface area contributed by atoms with Crippen molar-refractivity contribution in [2.24, 2.45) is 0 Å². The molecule has 2 aromatic rings. The normalized spacial score (nSPS) is 19.9. The Labute approximate surface area is 112 Å². The molecular weight excluding hydrogens is 268 g/mol. The Balaban J connectivity index is 1.91. The van der Waals surface area contributed by atoms with Gasteiger partial charge in [-0.1, -0.05) is 12.1 Å². The molecule has 0 aromatic carbocycles. The zero-order valence-corrected chi connectivity index (χ0v) is 11.4. The molecule has 0 radical (unpaired) electrons. The first-order valence-electron chi connectivity index (χ1n) is 5.31. The molecule has 0 spiro atoms. The highest BCUT2D eigenvalue weighted by Crippen LogP contribution is 2.52. The summed E-state index contributed by atoms with van der Waals surface area (Å²) >= 11 is 5.30. The summed E-state index contributed by atoms with van der Waals surface area (Å²) in [5.41, 5.74) is 0.954. The summed E-state index contributed by atoms with van der Waals surface area (Å²) in [5, 5.41) is 4.58. The van der Waals surface area contributed by atoms with Crippen molar-refractivity contribution in [3.8, 4) is 0 Å². The summed E-state index contributed by atoms with van der Waals surface area (Å²) < 4.78 is 0. The van der Waals surface area contributed by atoms with Crippen LogP contribution in [0, 0.1) is 0 Å². The standard InChI is InChI=1S/C13H10OS3/c14-8-9-7-12(10-3-1-5-15-10)17-13(9)11-4-2-6-16-11/h1-6,8,12H,7H2. The van der Waals surface area contributed by atoms with Crippen LogP contribution in [0.15, 0.2) is 40.6 Å². The molecule has 0 saturated carbocycles. The number of carbonyl (C=O) groups is 1. The molecular formula is C13H10OS3. The van der Waals surface area contributed by atoms with Gasteiger partial charge in [-0.05, 0) is 29.3 Å². The van der Waals surface area contributed by atoms with Gasteiger partial charge in [0.1, 0.15) is 6.29 Å². The molecule has 0 bridgehead atoms. The number of carbonyl (C=O) groups excluding carboxylic acids is 1. The Hall–Kier alpha value is -0.840. The third-order valence-corrected chi connectivity index (χ3v) is 6.28. The van der Waals surface area contributed by atoms with Crippen LogP contribution in [0.2, 0.25) is 0 Å². The van der Waals surface area contributed by atoms with Gasteiger partial charge in [0.05, 0.1) is 0 Å². The summed E-state index contributed by atoms with van der Waals surface area (Å²) in [6.07, 6.45) is 1.89. The van der Waals surface area contributed by atoms with Crippen LogP contribution in [-0.2, 0) is 4.79 Å². The maximum Gasteiger partial charge on any atom is 0.147 e. The van der Waals surface area contributed by atoms with E-state index in [1.807, 2.05) is 17.8 Å². The molecule has 17 heavy (non-hydrogen) atoms. The number of rotatable bonds is 3. The third-order valence-electron chi connectivity index (χ3n) is 2.70. The van der Waals surface area contributed by atoms with Gasteiger partial charge in [-0.15, -0.1) is 34.4 Å². The molecule has 1 unspecified atom stereocenters. The number of thioether (sulfide) groups is 1. The van der Waals surface area contributed by atoms with E-state index in [9.17, 15) is 4.79 Å². The quantitative estimate of drug-likeness (QED) is 0.763. The second kappa shape index (κ2) is 4.80. The van der Waals surface area contributed by atoms with Gasteiger partial charge in [-0.2, -0.15) is 0 Å². The van der Waals surface area contributed by atoms with Crippen LogP contribution in [0.4, 0.5) is 0 Å². The molecule has 1 aliphatic heterocycles. The van der Waals surface area contributed by atoms with Crippen molar-refractivity contribution in [1.29, 1.82) is 0 Å². The van der Waals surface area contributed by atoms with Crippen molar-refractivity contribution in [2.75, 3.05) is 0 Å². The summed E-state index contributed by atoms with van der Waals surface area (Å²) in [4.78, 5) is 14.9. The average molecular weight is 278 g/mol. The summed E-state index contributed by atoms with van der Waals surface area (Å²) in [6, 6.07) is 8.36. The topological polar surface area (TPSA) is 17.1 Å². The van der Waals surface area contributed by atoms with Gasteiger partial charge < -0.3 is 0 Å². The molecule has 0 aliphatic carbocycles. The van der Waals surface area contributed by atoms with E-state index in [0.29, 0.717) is 5.25 Å². The lowest BCUT2D eigenvalue weighted by atomic mass is 10.1. The average Bonchev–Trinajstić information content (AvgIpc) is 3.09. The highest BCUT2D eigenvalue weighted by atomic mass is 32.2. The Kier molecular flexibility index (Phi) is 3.18. The van der Waals surface area contributed by atoms with E-state index in [-0.39, 0.29) is 0 Å². The molecule has 1 nitrogen and oxygen atoms in total. The second-order valence-electron chi connectivity index (χ2n) is 3.78. The molecule has 4 heteroatoms. The van der Waals surface area contributed by atoms with Gasteiger partial charge in [-0.25, -0.2) is 0 Å². The number of aldehydes is 1. The molecule has 0 saturated heterocycles. The Morgan fingerprint density at radius 1 is 1.18 bits per heavy atom. The molecule has 86 valence electrons. The third kappa shape index (κ3) is 2.12. The number of hydrogen-bond acceptors (Lipinski definition) is 4. The van der Waals surface area contributed by atoms with Gasteiger partial charge in [0.15, 0.2) is 0 Å². The lowest BCUT2D eigenvalue weighted by molar-refractivity contribution is -0.104.